The molecule has 0 unspecified atom stereocenters. The molecule has 0 bridgehead atoms. The Hall–Kier alpha value is -3.58. The summed E-state index contributed by atoms with van der Waals surface area (Å²) in [7, 11) is -5.65. The lowest BCUT2D eigenvalue weighted by Crippen LogP contribution is -2.21. The fourth-order valence-electron chi connectivity index (χ4n) is 4.02. The van der Waals surface area contributed by atoms with Gasteiger partial charge in [-0.3, -0.25) is 0 Å². The predicted molar refractivity (Wildman–Crippen MR) is 218 cm³/mol. The molecule has 0 amide bonds. The van der Waals surface area contributed by atoms with Crippen molar-refractivity contribution in [2.45, 2.75) is 79.9 Å². The Labute approximate surface area is 309 Å². The van der Waals surface area contributed by atoms with Gasteiger partial charge < -0.3 is 24.5 Å². The van der Waals surface area contributed by atoms with Crippen molar-refractivity contribution >= 4 is 27.6 Å². The summed E-state index contributed by atoms with van der Waals surface area (Å²) >= 11 is 0. The van der Waals surface area contributed by atoms with Gasteiger partial charge in [0.05, 0.1) is 11.9 Å². The van der Waals surface area contributed by atoms with Crippen molar-refractivity contribution in [2.75, 3.05) is 32.3 Å². The Morgan fingerprint density at radius 2 is 1.22 bits per heavy atom. The highest BCUT2D eigenvalue weighted by Crippen LogP contribution is 2.43. The van der Waals surface area contributed by atoms with Gasteiger partial charge in [-0.1, -0.05) is 114 Å². The Morgan fingerprint density at radius 3 is 1.67 bits per heavy atom. The zero-order valence-electron chi connectivity index (χ0n) is 32.3. The SMILES string of the molecule is CC(C)C.CC(C)S(C)(=O)=O.CCC.Cc1cc(OCCCNCCc2ccc(OCP(=O)(c3ccccc3)c3ccccc3)cc2)ccc1O. The third kappa shape index (κ3) is 19.0. The van der Waals surface area contributed by atoms with Crippen LogP contribution in [0.15, 0.2) is 103 Å². The third-order valence-electron chi connectivity index (χ3n) is 7.06. The number of aromatic hydroxyl groups is 1. The highest BCUT2D eigenvalue weighted by Gasteiger charge is 2.28. The first-order valence-electron chi connectivity index (χ1n) is 17.9. The Balaban J connectivity index is 0.000000790. The quantitative estimate of drug-likeness (QED) is 0.0983. The first-order valence-corrected chi connectivity index (χ1v) is 21.7. The monoisotopic (exact) mass is 739 g/mol. The average molecular weight is 740 g/mol. The number of phenolic OH excluding ortho intramolecular Hbond substituents is 1. The molecule has 4 rings (SSSR count). The molecule has 0 heterocycles. The first-order chi connectivity index (χ1) is 24.1. The summed E-state index contributed by atoms with van der Waals surface area (Å²) < 4.78 is 46.5. The maximum Gasteiger partial charge on any atom is 0.178 e. The van der Waals surface area contributed by atoms with Crippen LogP contribution >= 0.6 is 7.14 Å². The molecule has 51 heavy (non-hydrogen) atoms. The van der Waals surface area contributed by atoms with E-state index >= 15 is 0 Å². The smallest absolute Gasteiger partial charge is 0.178 e. The Kier molecular flexibility index (Phi) is 21.9. The predicted octanol–water partition coefficient (Wildman–Crippen LogP) is 9.17. The van der Waals surface area contributed by atoms with Crippen molar-refractivity contribution in [1.29, 1.82) is 0 Å². The van der Waals surface area contributed by atoms with Crippen LogP contribution in [0, 0.1) is 12.8 Å². The van der Waals surface area contributed by atoms with Gasteiger partial charge in [-0.25, -0.2) is 8.42 Å². The summed E-state index contributed by atoms with van der Waals surface area (Å²) in [5.41, 5.74) is 2.03. The molecule has 2 N–H and O–H groups in total. The summed E-state index contributed by atoms with van der Waals surface area (Å²) in [5, 5.41) is 14.4. The van der Waals surface area contributed by atoms with E-state index < -0.39 is 17.0 Å². The lowest BCUT2D eigenvalue weighted by molar-refractivity contribution is 0.307. The fourth-order valence-corrected chi connectivity index (χ4v) is 6.25. The molecule has 9 heteroatoms. The number of rotatable bonds is 14. The third-order valence-corrected chi connectivity index (χ3v) is 11.5. The zero-order chi connectivity index (χ0) is 38.3. The number of phenols is 1. The molecule has 0 saturated heterocycles. The number of ether oxygens (including phenoxy) is 2. The van der Waals surface area contributed by atoms with Crippen molar-refractivity contribution in [3.63, 3.8) is 0 Å². The minimum Gasteiger partial charge on any atom is -0.508 e. The van der Waals surface area contributed by atoms with E-state index in [1.165, 1.54) is 18.2 Å². The van der Waals surface area contributed by atoms with Crippen LogP contribution in [0.2, 0.25) is 0 Å². The first kappa shape index (κ1) is 45.4. The van der Waals surface area contributed by atoms with Crippen molar-refractivity contribution < 1.29 is 27.6 Å². The van der Waals surface area contributed by atoms with E-state index in [2.05, 4.69) is 52.1 Å². The molecule has 0 spiro atoms. The second kappa shape index (κ2) is 24.6. The van der Waals surface area contributed by atoms with Gasteiger partial charge in [0, 0.05) is 16.9 Å². The minimum atomic E-state index is -2.91. The van der Waals surface area contributed by atoms with Gasteiger partial charge in [0.15, 0.2) is 7.14 Å². The van der Waals surface area contributed by atoms with Crippen LogP contribution < -0.4 is 25.4 Å². The van der Waals surface area contributed by atoms with E-state index in [9.17, 15) is 18.1 Å². The number of hydrogen-bond acceptors (Lipinski definition) is 7. The Bertz CT molecular complexity index is 1600. The van der Waals surface area contributed by atoms with Crippen LogP contribution in [0.4, 0.5) is 0 Å². The molecule has 0 aromatic heterocycles. The molecular weight excluding hydrogens is 678 g/mol. The van der Waals surface area contributed by atoms with E-state index in [0.29, 0.717) is 12.4 Å². The number of nitrogens with one attached hydrogen (secondary N) is 1. The van der Waals surface area contributed by atoms with Gasteiger partial charge in [0.1, 0.15) is 33.4 Å². The van der Waals surface area contributed by atoms with Crippen LogP contribution in [0.25, 0.3) is 0 Å². The van der Waals surface area contributed by atoms with Crippen molar-refractivity contribution in [2.24, 2.45) is 5.92 Å². The summed E-state index contributed by atoms with van der Waals surface area (Å²) in [6.07, 6.45) is 4.41. The molecule has 4 aromatic carbocycles. The molecule has 7 nitrogen and oxygen atoms in total. The largest absolute Gasteiger partial charge is 0.508 e. The van der Waals surface area contributed by atoms with Crippen LogP contribution in [0.1, 0.15) is 72.4 Å². The van der Waals surface area contributed by atoms with Gasteiger partial charge in [-0.15, -0.1) is 0 Å². The lowest BCUT2D eigenvalue weighted by Gasteiger charge is -2.20. The molecule has 4 aromatic rings. The topological polar surface area (TPSA) is 102 Å². The van der Waals surface area contributed by atoms with E-state index in [1.807, 2.05) is 85.8 Å². The van der Waals surface area contributed by atoms with Crippen molar-refractivity contribution in [3.8, 4) is 17.2 Å². The molecule has 0 saturated carbocycles. The van der Waals surface area contributed by atoms with E-state index in [1.54, 1.807) is 26.0 Å². The molecular formula is C42H62NO6PS. The number of sulfone groups is 1. The second-order valence-electron chi connectivity index (χ2n) is 13.3. The van der Waals surface area contributed by atoms with E-state index in [-0.39, 0.29) is 17.3 Å². The normalized spacial score (nSPS) is 11.0. The average Bonchev–Trinajstić information content (AvgIpc) is 3.09. The number of aryl methyl sites for hydroxylation is 1. The summed E-state index contributed by atoms with van der Waals surface area (Å²) in [4.78, 5) is 0. The summed E-state index contributed by atoms with van der Waals surface area (Å²) in [5.74, 6) is 2.61. The number of benzene rings is 4. The van der Waals surface area contributed by atoms with Crippen LogP contribution in [-0.4, -0.2) is 51.1 Å². The van der Waals surface area contributed by atoms with Crippen LogP contribution in [-0.2, 0) is 20.8 Å². The second-order valence-corrected chi connectivity index (χ2v) is 18.7. The Morgan fingerprint density at radius 1 is 0.745 bits per heavy atom. The van der Waals surface area contributed by atoms with Gasteiger partial charge in [0.2, 0.25) is 0 Å². The molecule has 0 aliphatic rings. The molecule has 0 fully saturated rings. The molecule has 0 aliphatic heterocycles. The summed E-state index contributed by atoms with van der Waals surface area (Å²) in [6, 6.07) is 32.5. The lowest BCUT2D eigenvalue weighted by atomic mass is 10.1. The van der Waals surface area contributed by atoms with Gasteiger partial charge in [-0.2, -0.15) is 0 Å². The highest BCUT2D eigenvalue weighted by atomic mass is 32.2. The number of hydrogen-bond donors (Lipinski definition) is 2. The van der Waals surface area contributed by atoms with Crippen molar-refractivity contribution in [3.05, 3.63) is 114 Å². The van der Waals surface area contributed by atoms with Crippen molar-refractivity contribution in [1.82, 2.24) is 5.32 Å². The van der Waals surface area contributed by atoms with Gasteiger partial charge in [-0.05, 0) is 94.1 Å². The van der Waals surface area contributed by atoms with E-state index in [4.69, 9.17) is 9.47 Å². The van der Waals surface area contributed by atoms with Gasteiger partial charge in [0.25, 0.3) is 0 Å². The highest BCUT2D eigenvalue weighted by molar-refractivity contribution is 7.91. The fraction of sp³-hybridized carbons (Fsp3) is 0.429. The molecule has 282 valence electrons. The summed E-state index contributed by atoms with van der Waals surface area (Å²) in [6.45, 7) is 18.3. The maximum atomic E-state index is 14.1. The molecule has 0 radical (unpaired) electrons. The van der Waals surface area contributed by atoms with Crippen LogP contribution in [0.5, 0.6) is 17.2 Å². The standard InChI is InChI=1S/C31H34NO4P.C4H10O2S.C4H10.C3H8/c1-25-23-28(17-18-31(25)33)35-22-8-20-32-21-19-26-13-15-27(16-14-26)36-24-37(34,29-9-4-2-5-10-29)30-11-6-3-7-12-30;1-4(2)7(3,5)6;1-4(2)3;1-3-2/h2-7,9-18,23,32-33H,8,19-22,24H2,1H3;4H,1-3H3;4H,1-3H3;3H2,1-2H3. The van der Waals surface area contributed by atoms with E-state index in [0.717, 1.165) is 53.8 Å². The van der Waals surface area contributed by atoms with Gasteiger partial charge >= 0.3 is 0 Å². The molecule has 0 atom stereocenters. The minimum absolute atomic E-state index is 0.119. The maximum absolute atomic E-state index is 14.1. The zero-order valence-corrected chi connectivity index (χ0v) is 34.0. The molecule has 0 aliphatic carbocycles. The van der Waals surface area contributed by atoms with Crippen LogP contribution in [0.3, 0.4) is 0 Å².